The third-order valence-corrected chi connectivity index (χ3v) is 3.15. The average Bonchev–Trinajstić information content (AvgIpc) is 2.37. The zero-order chi connectivity index (χ0) is 12.5. The number of aromatic amines is 1. The summed E-state index contributed by atoms with van der Waals surface area (Å²) in [4.78, 5) is 7.48. The molecular weight excluding hydrogens is 240 g/mol. The van der Waals surface area contributed by atoms with E-state index in [9.17, 15) is 0 Å². The lowest BCUT2D eigenvalue weighted by Crippen LogP contribution is -1.92. The lowest BCUT2D eigenvalue weighted by atomic mass is 10.0. The second-order valence-electron chi connectivity index (χ2n) is 4.25. The number of hydrogen-bond donors (Lipinski definition) is 1. The Hall–Kier alpha value is -2.00. The van der Waals surface area contributed by atoms with E-state index in [0.717, 1.165) is 17.1 Å². The van der Waals surface area contributed by atoms with Gasteiger partial charge in [-0.05, 0) is 23.8 Å². The highest BCUT2D eigenvalue weighted by Gasteiger charge is 2.04. The molecule has 1 heterocycles. The normalized spacial score (nSPS) is 10.7. The van der Waals surface area contributed by atoms with Crippen LogP contribution in [0.2, 0.25) is 0 Å². The van der Waals surface area contributed by atoms with Crippen molar-refractivity contribution in [2.24, 2.45) is 0 Å². The van der Waals surface area contributed by atoms with Crippen molar-refractivity contribution < 1.29 is 0 Å². The van der Waals surface area contributed by atoms with Crippen molar-refractivity contribution in [3.05, 3.63) is 59.0 Å². The Morgan fingerprint density at radius 3 is 2.67 bits per heavy atom. The molecule has 2 nitrogen and oxygen atoms in total. The summed E-state index contributed by atoms with van der Waals surface area (Å²) in [7, 11) is 0. The van der Waals surface area contributed by atoms with Crippen LogP contribution < -0.4 is 0 Å². The van der Waals surface area contributed by atoms with Gasteiger partial charge in [-0.15, -0.1) is 0 Å². The van der Waals surface area contributed by atoms with E-state index in [1.807, 2.05) is 19.1 Å². The molecule has 0 spiro atoms. The molecule has 0 unspecified atom stereocenters. The molecule has 2 aromatic carbocycles. The second kappa shape index (κ2) is 4.35. The van der Waals surface area contributed by atoms with E-state index < -0.39 is 0 Å². The monoisotopic (exact) mass is 252 g/mol. The first-order chi connectivity index (χ1) is 8.74. The van der Waals surface area contributed by atoms with Crippen LogP contribution in [0.25, 0.3) is 22.0 Å². The number of nitrogens with zero attached hydrogens (tertiary/aromatic N) is 1. The predicted octanol–water partition coefficient (Wildman–Crippen LogP) is 4.27. The fourth-order valence-electron chi connectivity index (χ4n) is 2.19. The highest BCUT2D eigenvalue weighted by atomic mass is 32.1. The van der Waals surface area contributed by atoms with E-state index in [1.165, 1.54) is 10.8 Å². The van der Waals surface area contributed by atoms with Crippen molar-refractivity contribution in [3.63, 3.8) is 0 Å². The molecule has 0 bridgehead atoms. The third kappa shape index (κ3) is 1.93. The van der Waals surface area contributed by atoms with Crippen LogP contribution in [0.4, 0.5) is 0 Å². The van der Waals surface area contributed by atoms with E-state index in [4.69, 9.17) is 12.2 Å². The Morgan fingerprint density at radius 1 is 1.06 bits per heavy atom. The van der Waals surface area contributed by atoms with Gasteiger partial charge in [-0.25, -0.2) is 4.98 Å². The number of hydrogen-bond acceptors (Lipinski definition) is 2. The average molecular weight is 252 g/mol. The summed E-state index contributed by atoms with van der Waals surface area (Å²) in [6, 6.07) is 16.5. The van der Waals surface area contributed by atoms with Gasteiger partial charge in [-0.1, -0.05) is 54.7 Å². The molecule has 0 atom stereocenters. The van der Waals surface area contributed by atoms with E-state index in [1.54, 1.807) is 0 Å². The van der Waals surface area contributed by atoms with Gasteiger partial charge in [0, 0.05) is 5.56 Å². The smallest absolute Gasteiger partial charge is 0.130 e. The maximum Gasteiger partial charge on any atom is 0.130 e. The van der Waals surface area contributed by atoms with Crippen molar-refractivity contribution in [2.75, 3.05) is 0 Å². The number of rotatable bonds is 1. The quantitative estimate of drug-likeness (QED) is 0.655. The zero-order valence-electron chi connectivity index (χ0n) is 9.97. The molecule has 3 aromatic rings. The Labute approximate surface area is 110 Å². The Morgan fingerprint density at radius 2 is 1.83 bits per heavy atom. The molecule has 0 saturated carbocycles. The standard InChI is InChI=1S/C15H12N2S/c1-10-16-14(9-15(18)17-10)13-8-4-6-11-5-2-3-7-12(11)13/h2-9H,1H3,(H,16,17,18). The molecule has 0 amide bonds. The molecule has 18 heavy (non-hydrogen) atoms. The van der Waals surface area contributed by atoms with Crippen molar-refractivity contribution >= 4 is 23.0 Å². The van der Waals surface area contributed by atoms with Crippen LogP contribution in [0.15, 0.2) is 48.5 Å². The van der Waals surface area contributed by atoms with Crippen LogP contribution in [0, 0.1) is 11.6 Å². The maximum absolute atomic E-state index is 5.18. The summed E-state index contributed by atoms with van der Waals surface area (Å²) in [6.07, 6.45) is 0. The number of H-pyrrole nitrogens is 1. The van der Waals surface area contributed by atoms with Gasteiger partial charge < -0.3 is 4.98 Å². The first kappa shape index (κ1) is 11.1. The largest absolute Gasteiger partial charge is 0.343 e. The third-order valence-electron chi connectivity index (χ3n) is 2.94. The first-order valence-electron chi connectivity index (χ1n) is 5.80. The molecule has 0 aliphatic rings. The number of nitrogens with one attached hydrogen (secondary N) is 1. The summed E-state index contributed by atoms with van der Waals surface area (Å²) in [5.74, 6) is 0.838. The van der Waals surface area contributed by atoms with Crippen molar-refractivity contribution in [1.82, 2.24) is 9.97 Å². The fourth-order valence-corrected chi connectivity index (χ4v) is 2.44. The van der Waals surface area contributed by atoms with Gasteiger partial charge in [0.25, 0.3) is 0 Å². The minimum Gasteiger partial charge on any atom is -0.343 e. The molecule has 1 aromatic heterocycles. The van der Waals surface area contributed by atoms with E-state index >= 15 is 0 Å². The predicted molar refractivity (Wildman–Crippen MR) is 77.1 cm³/mol. The number of aryl methyl sites for hydroxylation is 1. The summed E-state index contributed by atoms with van der Waals surface area (Å²) in [6.45, 7) is 1.92. The Bertz CT molecular complexity index is 769. The minimum absolute atomic E-state index is 0.620. The summed E-state index contributed by atoms with van der Waals surface area (Å²) in [5, 5.41) is 2.44. The molecule has 0 fully saturated rings. The van der Waals surface area contributed by atoms with Gasteiger partial charge in [0.15, 0.2) is 0 Å². The highest BCUT2D eigenvalue weighted by Crippen LogP contribution is 2.26. The Balaban J connectivity index is 2.34. The van der Waals surface area contributed by atoms with E-state index in [0.29, 0.717) is 4.64 Å². The van der Waals surface area contributed by atoms with Gasteiger partial charge in [0.2, 0.25) is 0 Å². The van der Waals surface area contributed by atoms with Crippen LogP contribution in [-0.2, 0) is 0 Å². The van der Waals surface area contributed by atoms with Gasteiger partial charge in [-0.3, -0.25) is 0 Å². The maximum atomic E-state index is 5.18. The topological polar surface area (TPSA) is 28.7 Å². The van der Waals surface area contributed by atoms with Gasteiger partial charge in [0.1, 0.15) is 10.5 Å². The molecule has 0 aliphatic carbocycles. The highest BCUT2D eigenvalue weighted by molar-refractivity contribution is 7.71. The molecule has 1 N–H and O–H groups in total. The summed E-state index contributed by atoms with van der Waals surface area (Å²) >= 11 is 5.18. The fraction of sp³-hybridized carbons (Fsp3) is 0.0667. The summed E-state index contributed by atoms with van der Waals surface area (Å²) < 4.78 is 0.620. The minimum atomic E-state index is 0.620. The van der Waals surface area contributed by atoms with E-state index in [2.05, 4.69) is 46.4 Å². The summed E-state index contributed by atoms with van der Waals surface area (Å²) in [5.41, 5.74) is 2.18. The molecule has 0 aliphatic heterocycles. The van der Waals surface area contributed by atoms with Crippen molar-refractivity contribution in [3.8, 4) is 11.3 Å². The van der Waals surface area contributed by atoms with E-state index in [-0.39, 0.29) is 0 Å². The molecule has 3 rings (SSSR count). The van der Waals surface area contributed by atoms with Crippen molar-refractivity contribution in [2.45, 2.75) is 6.92 Å². The van der Waals surface area contributed by atoms with Crippen molar-refractivity contribution in [1.29, 1.82) is 0 Å². The zero-order valence-corrected chi connectivity index (χ0v) is 10.8. The van der Waals surface area contributed by atoms with Gasteiger partial charge in [-0.2, -0.15) is 0 Å². The lowest BCUT2D eigenvalue weighted by Gasteiger charge is -2.07. The molecule has 0 saturated heterocycles. The molecular formula is C15H12N2S. The number of benzene rings is 2. The van der Waals surface area contributed by atoms with Crippen LogP contribution in [0.3, 0.4) is 0 Å². The number of fused-ring (bicyclic) bond motifs is 1. The second-order valence-corrected chi connectivity index (χ2v) is 4.66. The van der Waals surface area contributed by atoms with Crippen LogP contribution in [-0.4, -0.2) is 9.97 Å². The first-order valence-corrected chi connectivity index (χ1v) is 6.21. The Kier molecular flexibility index (Phi) is 2.68. The van der Waals surface area contributed by atoms with Gasteiger partial charge >= 0.3 is 0 Å². The molecule has 0 radical (unpaired) electrons. The van der Waals surface area contributed by atoms with Crippen LogP contribution in [0.5, 0.6) is 0 Å². The lowest BCUT2D eigenvalue weighted by molar-refractivity contribution is 1.05. The van der Waals surface area contributed by atoms with Gasteiger partial charge in [0.05, 0.1) is 5.69 Å². The number of aromatic nitrogens is 2. The molecule has 3 heteroatoms. The van der Waals surface area contributed by atoms with Crippen LogP contribution >= 0.6 is 12.2 Å². The SMILES string of the molecule is Cc1nc(=S)cc(-c2cccc3ccccc23)[nH]1. The molecule has 88 valence electrons. The van der Waals surface area contributed by atoms with Crippen LogP contribution in [0.1, 0.15) is 5.82 Å².